The minimum Gasteiger partial charge on any atom is -0.462 e. The highest BCUT2D eigenvalue weighted by Crippen LogP contribution is 2.32. The second-order valence-corrected chi connectivity index (χ2v) is 9.57. The maximum Gasteiger partial charge on any atom is 0.338 e. The number of nitrogens with one attached hydrogen (secondary N) is 2. The zero-order valence-corrected chi connectivity index (χ0v) is 21.7. The van der Waals surface area contributed by atoms with Crippen molar-refractivity contribution in [3.05, 3.63) is 74.9 Å². The van der Waals surface area contributed by atoms with Gasteiger partial charge < -0.3 is 15.4 Å². The Morgan fingerprint density at radius 2 is 1.83 bits per heavy atom. The van der Waals surface area contributed by atoms with E-state index in [2.05, 4.69) is 10.6 Å². The van der Waals surface area contributed by atoms with Crippen LogP contribution >= 0.6 is 23.2 Å². The standard InChI is InChI=1S/C26H29Cl2N3O4/c1-5-12-31-16(4)22(25(33)35-14-15(2)3)23(30-26(31)34)17-6-9-19(10-7-17)29-24(32)20-11-8-18(27)13-21(20)28/h6-11,13,15,23H,5,12,14H2,1-4H3,(H,29,32)(H,30,34)/t23-/m0/s1. The van der Waals surface area contributed by atoms with E-state index in [1.165, 1.54) is 6.07 Å². The average Bonchev–Trinajstić information content (AvgIpc) is 2.80. The Labute approximate surface area is 215 Å². The summed E-state index contributed by atoms with van der Waals surface area (Å²) in [6.07, 6.45) is 0.746. The molecule has 1 aliphatic heterocycles. The second kappa shape index (κ2) is 11.6. The van der Waals surface area contributed by atoms with Crippen molar-refractivity contribution >= 4 is 46.8 Å². The number of anilines is 1. The highest BCUT2D eigenvalue weighted by molar-refractivity contribution is 6.37. The molecule has 0 aliphatic carbocycles. The monoisotopic (exact) mass is 517 g/mol. The molecule has 186 valence electrons. The molecule has 2 aromatic carbocycles. The first-order valence-corrected chi connectivity index (χ1v) is 12.2. The van der Waals surface area contributed by atoms with Gasteiger partial charge in [0.2, 0.25) is 0 Å². The van der Waals surface area contributed by atoms with Crippen LogP contribution in [0.15, 0.2) is 53.7 Å². The molecule has 0 spiro atoms. The third kappa shape index (κ3) is 6.35. The van der Waals surface area contributed by atoms with Gasteiger partial charge in [-0.3, -0.25) is 9.69 Å². The van der Waals surface area contributed by atoms with Crippen molar-refractivity contribution in [1.29, 1.82) is 0 Å². The van der Waals surface area contributed by atoms with Gasteiger partial charge in [-0.05, 0) is 55.2 Å². The maximum absolute atomic E-state index is 13.0. The molecule has 2 N–H and O–H groups in total. The Bertz CT molecular complexity index is 1150. The minimum atomic E-state index is -0.675. The van der Waals surface area contributed by atoms with Gasteiger partial charge in [0.1, 0.15) is 0 Å². The lowest BCUT2D eigenvalue weighted by Gasteiger charge is -2.35. The number of hydrogen-bond donors (Lipinski definition) is 2. The zero-order valence-electron chi connectivity index (χ0n) is 20.2. The van der Waals surface area contributed by atoms with Crippen LogP contribution in [0.25, 0.3) is 0 Å². The van der Waals surface area contributed by atoms with Crippen molar-refractivity contribution in [3.63, 3.8) is 0 Å². The lowest BCUT2D eigenvalue weighted by molar-refractivity contribution is -0.140. The summed E-state index contributed by atoms with van der Waals surface area (Å²) in [5.74, 6) is -0.661. The van der Waals surface area contributed by atoms with Gasteiger partial charge in [0.15, 0.2) is 0 Å². The molecule has 0 aromatic heterocycles. The van der Waals surface area contributed by atoms with E-state index in [9.17, 15) is 14.4 Å². The topological polar surface area (TPSA) is 87.7 Å². The van der Waals surface area contributed by atoms with Crippen molar-refractivity contribution in [2.45, 2.75) is 40.2 Å². The lowest BCUT2D eigenvalue weighted by Crippen LogP contribution is -2.48. The number of amides is 3. The van der Waals surface area contributed by atoms with Crippen molar-refractivity contribution in [3.8, 4) is 0 Å². The summed E-state index contributed by atoms with van der Waals surface area (Å²) in [7, 11) is 0. The molecule has 0 fully saturated rings. The number of allylic oxidation sites excluding steroid dienone is 1. The highest BCUT2D eigenvalue weighted by Gasteiger charge is 2.36. The summed E-state index contributed by atoms with van der Waals surface area (Å²) in [6, 6.07) is 10.6. The van der Waals surface area contributed by atoms with Gasteiger partial charge >= 0.3 is 12.0 Å². The Morgan fingerprint density at radius 3 is 2.43 bits per heavy atom. The van der Waals surface area contributed by atoms with Crippen molar-refractivity contribution in [2.75, 3.05) is 18.5 Å². The number of nitrogens with zero attached hydrogens (tertiary/aromatic N) is 1. The fraction of sp³-hybridized carbons (Fsp3) is 0.346. The molecular formula is C26H29Cl2N3O4. The minimum absolute atomic E-state index is 0.181. The van der Waals surface area contributed by atoms with E-state index in [-0.39, 0.29) is 29.5 Å². The molecule has 0 bridgehead atoms. The van der Waals surface area contributed by atoms with E-state index in [0.29, 0.717) is 39.7 Å². The van der Waals surface area contributed by atoms with Gasteiger partial charge in [0.05, 0.1) is 28.8 Å². The predicted octanol–water partition coefficient (Wildman–Crippen LogP) is 6.20. The molecule has 0 saturated heterocycles. The van der Waals surface area contributed by atoms with Gasteiger partial charge in [0, 0.05) is 23.0 Å². The number of esters is 1. The lowest BCUT2D eigenvalue weighted by atomic mass is 9.94. The van der Waals surface area contributed by atoms with Gasteiger partial charge in [0.25, 0.3) is 5.91 Å². The maximum atomic E-state index is 13.0. The molecule has 9 heteroatoms. The van der Waals surface area contributed by atoms with E-state index in [4.69, 9.17) is 27.9 Å². The Hall–Kier alpha value is -3.03. The van der Waals surface area contributed by atoms with Crippen LogP contribution in [0.3, 0.4) is 0 Å². The van der Waals surface area contributed by atoms with E-state index in [1.807, 2.05) is 20.8 Å². The molecule has 2 aromatic rings. The number of halogens is 2. The Balaban J connectivity index is 1.86. The number of carbonyl (C=O) groups excluding carboxylic acids is 3. The van der Waals surface area contributed by atoms with Crippen molar-refractivity contribution in [1.82, 2.24) is 10.2 Å². The Kier molecular flexibility index (Phi) is 8.81. The third-order valence-electron chi connectivity index (χ3n) is 5.49. The highest BCUT2D eigenvalue weighted by atomic mass is 35.5. The van der Waals surface area contributed by atoms with Crippen LogP contribution in [0.2, 0.25) is 10.0 Å². The van der Waals surface area contributed by atoms with Crippen LogP contribution in [0.5, 0.6) is 0 Å². The first-order chi connectivity index (χ1) is 16.6. The number of hydrogen-bond acceptors (Lipinski definition) is 4. The molecule has 1 aliphatic rings. The van der Waals surface area contributed by atoms with Crippen LogP contribution in [-0.4, -0.2) is 36.0 Å². The van der Waals surface area contributed by atoms with Crippen LogP contribution in [0, 0.1) is 5.92 Å². The quantitative estimate of drug-likeness (QED) is 0.408. The fourth-order valence-electron chi connectivity index (χ4n) is 3.74. The molecule has 1 atom stereocenters. The smallest absolute Gasteiger partial charge is 0.338 e. The number of rotatable bonds is 8. The fourth-order valence-corrected chi connectivity index (χ4v) is 4.23. The first kappa shape index (κ1) is 26.6. The molecule has 3 amide bonds. The van der Waals surface area contributed by atoms with Gasteiger partial charge in [-0.15, -0.1) is 0 Å². The van der Waals surface area contributed by atoms with Crippen LogP contribution < -0.4 is 10.6 Å². The predicted molar refractivity (Wildman–Crippen MR) is 138 cm³/mol. The molecule has 35 heavy (non-hydrogen) atoms. The molecule has 0 unspecified atom stereocenters. The largest absolute Gasteiger partial charge is 0.462 e. The molecule has 0 saturated carbocycles. The van der Waals surface area contributed by atoms with Crippen LogP contribution in [-0.2, 0) is 9.53 Å². The van der Waals surface area contributed by atoms with E-state index in [1.54, 1.807) is 48.2 Å². The molecule has 1 heterocycles. The van der Waals surface area contributed by atoms with Crippen LogP contribution in [0.4, 0.5) is 10.5 Å². The average molecular weight is 518 g/mol. The molecule has 3 rings (SSSR count). The van der Waals surface area contributed by atoms with Gasteiger partial charge in [-0.2, -0.15) is 0 Å². The summed E-state index contributed by atoms with van der Waals surface area (Å²) in [5, 5.41) is 6.40. The number of urea groups is 1. The van der Waals surface area contributed by atoms with Gasteiger partial charge in [-0.25, -0.2) is 9.59 Å². The summed E-state index contributed by atoms with van der Waals surface area (Å²) < 4.78 is 5.52. The first-order valence-electron chi connectivity index (χ1n) is 11.4. The summed E-state index contributed by atoms with van der Waals surface area (Å²) in [5.41, 5.74) is 2.48. The summed E-state index contributed by atoms with van der Waals surface area (Å²) in [6.45, 7) is 8.42. The second-order valence-electron chi connectivity index (χ2n) is 8.73. The summed E-state index contributed by atoms with van der Waals surface area (Å²) >= 11 is 12.0. The van der Waals surface area contributed by atoms with E-state index in [0.717, 1.165) is 6.42 Å². The normalized spacial score (nSPS) is 15.8. The van der Waals surface area contributed by atoms with E-state index < -0.39 is 12.0 Å². The Morgan fingerprint density at radius 1 is 1.14 bits per heavy atom. The van der Waals surface area contributed by atoms with Crippen molar-refractivity contribution < 1.29 is 19.1 Å². The molecule has 0 radical (unpaired) electrons. The SMILES string of the molecule is CCCN1C(=O)N[C@@H](c2ccc(NC(=O)c3ccc(Cl)cc3Cl)cc2)C(C(=O)OCC(C)C)=C1C. The third-order valence-corrected chi connectivity index (χ3v) is 6.04. The summed E-state index contributed by atoms with van der Waals surface area (Å²) in [4.78, 5) is 40.0. The molecular weight excluding hydrogens is 489 g/mol. The number of carbonyl (C=O) groups is 3. The van der Waals surface area contributed by atoms with E-state index >= 15 is 0 Å². The van der Waals surface area contributed by atoms with Gasteiger partial charge in [-0.1, -0.05) is 56.1 Å². The molecule has 7 nitrogen and oxygen atoms in total. The number of benzene rings is 2. The van der Waals surface area contributed by atoms with Crippen molar-refractivity contribution in [2.24, 2.45) is 5.92 Å². The number of ether oxygens (including phenoxy) is 1. The van der Waals surface area contributed by atoms with Crippen LogP contribution in [0.1, 0.15) is 56.1 Å². The zero-order chi connectivity index (χ0) is 25.7.